The van der Waals surface area contributed by atoms with E-state index in [9.17, 15) is 0 Å². The predicted molar refractivity (Wildman–Crippen MR) is 78.6 cm³/mol. The molecule has 2 aromatic carbocycles. The summed E-state index contributed by atoms with van der Waals surface area (Å²) in [6.07, 6.45) is 2.12. The monoisotopic (exact) mass is 264 g/mol. The highest BCUT2D eigenvalue weighted by atomic mass is 15.5. The molecule has 4 nitrogen and oxygen atoms in total. The molecule has 0 unspecified atom stereocenters. The van der Waals surface area contributed by atoms with Gasteiger partial charge in [0.1, 0.15) is 0 Å². The number of aryl methyl sites for hydroxylation is 1. The Hall–Kier alpha value is -2.49. The summed E-state index contributed by atoms with van der Waals surface area (Å²) < 4.78 is 1.82. The highest BCUT2D eigenvalue weighted by Gasteiger charge is 2.12. The quantitative estimate of drug-likeness (QED) is 0.726. The minimum absolute atomic E-state index is 0.772. The number of para-hydroxylation sites is 1. The summed E-state index contributed by atoms with van der Waals surface area (Å²) in [4.78, 5) is 0. The molecule has 0 radical (unpaired) electrons. The van der Waals surface area contributed by atoms with Crippen LogP contribution in [0.1, 0.15) is 18.9 Å². The Morgan fingerprint density at radius 3 is 2.50 bits per heavy atom. The van der Waals surface area contributed by atoms with E-state index >= 15 is 0 Å². The van der Waals surface area contributed by atoms with Crippen LogP contribution in [0.15, 0.2) is 54.6 Å². The molecule has 0 bridgehead atoms. The van der Waals surface area contributed by atoms with Gasteiger partial charge >= 0.3 is 0 Å². The number of benzene rings is 2. The van der Waals surface area contributed by atoms with E-state index in [1.807, 2.05) is 41.1 Å². The number of hydrogen-bond acceptors (Lipinski definition) is 3. The first-order valence-electron chi connectivity index (χ1n) is 6.82. The van der Waals surface area contributed by atoms with Gasteiger partial charge in [0.15, 0.2) is 5.82 Å². The second-order valence-electron chi connectivity index (χ2n) is 4.66. The molecule has 100 valence electrons. The molecule has 0 aliphatic carbocycles. The number of rotatable bonds is 4. The number of tetrazole rings is 1. The van der Waals surface area contributed by atoms with Crippen molar-refractivity contribution in [2.75, 3.05) is 0 Å². The number of hydrogen-bond donors (Lipinski definition) is 0. The van der Waals surface area contributed by atoms with Crippen molar-refractivity contribution >= 4 is 0 Å². The molecule has 0 fully saturated rings. The molecule has 0 aliphatic heterocycles. The van der Waals surface area contributed by atoms with Crippen LogP contribution in [0.3, 0.4) is 0 Å². The molecule has 0 saturated heterocycles. The van der Waals surface area contributed by atoms with Crippen LogP contribution in [-0.4, -0.2) is 20.2 Å². The Labute approximate surface area is 118 Å². The maximum atomic E-state index is 4.17. The van der Waals surface area contributed by atoms with Crippen LogP contribution in [-0.2, 0) is 6.42 Å². The summed E-state index contributed by atoms with van der Waals surface area (Å²) in [5.74, 6) is 0.772. The van der Waals surface area contributed by atoms with Crippen molar-refractivity contribution < 1.29 is 0 Å². The summed E-state index contributed by atoms with van der Waals surface area (Å²) in [7, 11) is 0. The normalized spacial score (nSPS) is 10.7. The van der Waals surface area contributed by atoms with Crippen LogP contribution in [0.25, 0.3) is 17.1 Å². The highest BCUT2D eigenvalue weighted by molar-refractivity contribution is 5.58. The maximum absolute atomic E-state index is 4.17. The maximum Gasteiger partial charge on any atom is 0.187 e. The van der Waals surface area contributed by atoms with Crippen LogP contribution in [0.5, 0.6) is 0 Å². The van der Waals surface area contributed by atoms with Crippen molar-refractivity contribution in [3.8, 4) is 17.1 Å². The summed E-state index contributed by atoms with van der Waals surface area (Å²) in [6, 6.07) is 18.3. The third kappa shape index (κ3) is 2.32. The lowest BCUT2D eigenvalue weighted by Gasteiger charge is -2.09. The Morgan fingerprint density at radius 2 is 1.70 bits per heavy atom. The molecule has 1 heterocycles. The molecule has 20 heavy (non-hydrogen) atoms. The van der Waals surface area contributed by atoms with Gasteiger partial charge in [0.25, 0.3) is 0 Å². The largest absolute Gasteiger partial charge is 0.193 e. The number of nitrogens with zero attached hydrogens (tertiary/aromatic N) is 4. The van der Waals surface area contributed by atoms with E-state index in [1.54, 1.807) is 0 Å². The Balaban J connectivity index is 2.11. The Bertz CT molecular complexity index is 688. The standard InChI is InChI=1S/C16H16N4/c1-2-8-13-9-6-7-12-15(13)20-16(17-18-19-20)14-10-4-3-5-11-14/h3-7,9-12H,2,8H2,1H3. The van der Waals surface area contributed by atoms with Gasteiger partial charge in [0, 0.05) is 5.56 Å². The van der Waals surface area contributed by atoms with E-state index in [2.05, 4.69) is 40.6 Å². The van der Waals surface area contributed by atoms with Crippen molar-refractivity contribution in [3.05, 3.63) is 60.2 Å². The zero-order chi connectivity index (χ0) is 13.8. The molecule has 0 aliphatic rings. The van der Waals surface area contributed by atoms with Crippen molar-refractivity contribution in [2.24, 2.45) is 0 Å². The predicted octanol–water partition coefficient (Wildman–Crippen LogP) is 3.28. The fourth-order valence-electron chi connectivity index (χ4n) is 2.31. The molecule has 3 rings (SSSR count). The van der Waals surface area contributed by atoms with Crippen LogP contribution in [0.2, 0.25) is 0 Å². The molecule has 0 spiro atoms. The molecule has 1 aromatic heterocycles. The zero-order valence-corrected chi connectivity index (χ0v) is 11.4. The van der Waals surface area contributed by atoms with Crippen LogP contribution in [0, 0.1) is 0 Å². The van der Waals surface area contributed by atoms with Crippen LogP contribution < -0.4 is 0 Å². The van der Waals surface area contributed by atoms with Gasteiger partial charge in [0.2, 0.25) is 0 Å². The minimum Gasteiger partial charge on any atom is -0.193 e. The van der Waals surface area contributed by atoms with E-state index in [1.165, 1.54) is 5.56 Å². The van der Waals surface area contributed by atoms with Gasteiger partial charge in [-0.25, -0.2) is 0 Å². The molecule has 0 N–H and O–H groups in total. The Kier molecular flexibility index (Phi) is 3.54. The molecule has 3 aromatic rings. The lowest BCUT2D eigenvalue weighted by Crippen LogP contribution is -2.03. The molecular formula is C16H16N4. The zero-order valence-electron chi connectivity index (χ0n) is 11.4. The van der Waals surface area contributed by atoms with E-state index in [4.69, 9.17) is 0 Å². The van der Waals surface area contributed by atoms with Gasteiger partial charge in [0.05, 0.1) is 5.69 Å². The minimum atomic E-state index is 0.772. The van der Waals surface area contributed by atoms with E-state index in [0.29, 0.717) is 0 Å². The topological polar surface area (TPSA) is 43.6 Å². The highest BCUT2D eigenvalue weighted by Crippen LogP contribution is 2.22. The molecule has 4 heteroatoms. The lowest BCUT2D eigenvalue weighted by atomic mass is 10.1. The van der Waals surface area contributed by atoms with Gasteiger partial charge in [-0.3, -0.25) is 0 Å². The van der Waals surface area contributed by atoms with Crippen molar-refractivity contribution in [2.45, 2.75) is 19.8 Å². The fourth-order valence-corrected chi connectivity index (χ4v) is 2.31. The SMILES string of the molecule is CCCc1ccccc1-n1nnnc1-c1ccccc1. The first-order valence-corrected chi connectivity index (χ1v) is 6.82. The molecule has 0 atom stereocenters. The van der Waals surface area contributed by atoms with E-state index < -0.39 is 0 Å². The third-order valence-corrected chi connectivity index (χ3v) is 3.24. The molecule has 0 amide bonds. The molecular weight excluding hydrogens is 248 g/mol. The van der Waals surface area contributed by atoms with Gasteiger partial charge in [-0.1, -0.05) is 61.9 Å². The van der Waals surface area contributed by atoms with Crippen molar-refractivity contribution in [3.63, 3.8) is 0 Å². The summed E-state index contributed by atoms with van der Waals surface area (Å²) >= 11 is 0. The van der Waals surface area contributed by atoms with E-state index in [0.717, 1.165) is 29.9 Å². The van der Waals surface area contributed by atoms with Gasteiger partial charge in [-0.15, -0.1) is 5.10 Å². The first-order chi connectivity index (χ1) is 9.90. The van der Waals surface area contributed by atoms with Crippen LogP contribution >= 0.6 is 0 Å². The van der Waals surface area contributed by atoms with E-state index in [-0.39, 0.29) is 0 Å². The lowest BCUT2D eigenvalue weighted by molar-refractivity contribution is 0.777. The fraction of sp³-hybridized carbons (Fsp3) is 0.188. The molecule has 0 saturated carbocycles. The summed E-state index contributed by atoms with van der Waals surface area (Å²) in [5, 5.41) is 12.2. The van der Waals surface area contributed by atoms with Crippen LogP contribution in [0.4, 0.5) is 0 Å². The third-order valence-electron chi connectivity index (χ3n) is 3.24. The average molecular weight is 264 g/mol. The van der Waals surface area contributed by atoms with Gasteiger partial charge < -0.3 is 0 Å². The smallest absolute Gasteiger partial charge is 0.187 e. The second-order valence-corrected chi connectivity index (χ2v) is 4.66. The Morgan fingerprint density at radius 1 is 0.950 bits per heavy atom. The second kappa shape index (κ2) is 5.65. The first kappa shape index (κ1) is 12.5. The van der Waals surface area contributed by atoms with Crippen molar-refractivity contribution in [1.29, 1.82) is 0 Å². The number of aromatic nitrogens is 4. The summed E-state index contributed by atoms with van der Waals surface area (Å²) in [6.45, 7) is 2.18. The van der Waals surface area contributed by atoms with Crippen molar-refractivity contribution in [1.82, 2.24) is 20.2 Å². The average Bonchev–Trinajstić information content (AvgIpc) is 2.98. The van der Waals surface area contributed by atoms with Gasteiger partial charge in [-0.2, -0.15) is 4.68 Å². The van der Waals surface area contributed by atoms with Gasteiger partial charge in [-0.05, 0) is 28.5 Å². The summed E-state index contributed by atoms with van der Waals surface area (Å²) in [5.41, 5.74) is 3.33.